The molecule has 0 spiro atoms. The summed E-state index contributed by atoms with van der Waals surface area (Å²) < 4.78 is 5.81. The van der Waals surface area contributed by atoms with Gasteiger partial charge in [-0.25, -0.2) is 0 Å². The monoisotopic (exact) mass is 410 g/mol. The fraction of sp³-hybridized carbons (Fsp3) is 0.111. The van der Waals surface area contributed by atoms with Crippen molar-refractivity contribution < 1.29 is 19.4 Å². The predicted molar refractivity (Wildman–Crippen MR) is 120 cm³/mol. The number of benzene rings is 3. The van der Waals surface area contributed by atoms with Gasteiger partial charge in [0.2, 0.25) is 0 Å². The van der Waals surface area contributed by atoms with Gasteiger partial charge in [-0.1, -0.05) is 78.9 Å². The van der Waals surface area contributed by atoms with E-state index in [2.05, 4.69) is 0 Å². The van der Waals surface area contributed by atoms with Gasteiger partial charge in [0.15, 0.2) is 11.6 Å². The van der Waals surface area contributed by atoms with E-state index in [9.17, 15) is 14.7 Å². The molecule has 0 aliphatic heterocycles. The molecule has 1 N–H and O–H groups in total. The van der Waals surface area contributed by atoms with E-state index in [1.165, 1.54) is 6.08 Å². The zero-order chi connectivity index (χ0) is 21.6. The maximum atomic E-state index is 11.7. The van der Waals surface area contributed by atoms with Crippen molar-refractivity contribution in [1.82, 2.24) is 0 Å². The number of carbonyl (C=O) groups excluding carboxylic acids is 2. The Morgan fingerprint density at radius 1 is 0.677 bits per heavy atom. The van der Waals surface area contributed by atoms with Crippen molar-refractivity contribution in [1.29, 1.82) is 0 Å². The molecule has 0 unspecified atom stereocenters. The summed E-state index contributed by atoms with van der Waals surface area (Å²) in [5, 5.41) is 9.37. The third-order valence-corrected chi connectivity index (χ3v) is 5.13. The van der Waals surface area contributed by atoms with Crippen molar-refractivity contribution in [3.05, 3.63) is 119 Å². The molecule has 154 valence electrons. The Balaban J connectivity index is 0.000000166. The molecule has 0 aromatic heterocycles. The van der Waals surface area contributed by atoms with Crippen molar-refractivity contribution in [3.63, 3.8) is 0 Å². The third-order valence-electron chi connectivity index (χ3n) is 5.13. The van der Waals surface area contributed by atoms with Crippen LogP contribution in [0.15, 0.2) is 91.0 Å². The summed E-state index contributed by atoms with van der Waals surface area (Å²) in [5.74, 6) is 0.825. The lowest BCUT2D eigenvalue weighted by molar-refractivity contribution is -0.115. The topological polar surface area (TPSA) is 63.6 Å². The first-order valence-corrected chi connectivity index (χ1v) is 10.1. The van der Waals surface area contributed by atoms with Gasteiger partial charge in [0.25, 0.3) is 0 Å². The number of ketones is 2. The molecule has 0 atom stereocenters. The molecule has 0 radical (unpaired) electrons. The van der Waals surface area contributed by atoms with E-state index in [1.807, 2.05) is 78.9 Å². The highest BCUT2D eigenvalue weighted by Crippen LogP contribution is 2.26. The molecule has 31 heavy (non-hydrogen) atoms. The molecule has 0 fully saturated rings. The molecular formula is C27H22O4. The Hall–Kier alpha value is -3.92. The number of aliphatic hydroxyl groups is 1. The number of carbonyl (C=O) groups is 2. The van der Waals surface area contributed by atoms with Gasteiger partial charge in [-0.15, -0.1) is 0 Å². The summed E-state index contributed by atoms with van der Waals surface area (Å²) >= 11 is 0. The van der Waals surface area contributed by atoms with Crippen LogP contribution in [0, 0.1) is 0 Å². The summed E-state index contributed by atoms with van der Waals surface area (Å²) in [6, 6.07) is 25.2. The minimum absolute atomic E-state index is 0.0359. The third kappa shape index (κ3) is 4.98. The van der Waals surface area contributed by atoms with Crippen LogP contribution in [-0.4, -0.2) is 16.7 Å². The Kier molecular flexibility index (Phi) is 6.08. The average molecular weight is 410 g/mol. The largest absolute Gasteiger partial charge is 0.507 e. The summed E-state index contributed by atoms with van der Waals surface area (Å²) in [5.41, 5.74) is 4.84. The molecule has 3 aromatic rings. The molecule has 0 saturated heterocycles. The summed E-state index contributed by atoms with van der Waals surface area (Å²) in [4.78, 5) is 22.7. The highest BCUT2D eigenvalue weighted by atomic mass is 16.5. The lowest BCUT2D eigenvalue weighted by atomic mass is 9.95. The van der Waals surface area contributed by atoms with Gasteiger partial charge in [0.05, 0.1) is 0 Å². The van der Waals surface area contributed by atoms with Crippen LogP contribution in [0.2, 0.25) is 0 Å². The molecule has 4 nitrogen and oxygen atoms in total. The van der Waals surface area contributed by atoms with Crippen molar-refractivity contribution in [3.8, 4) is 0 Å². The number of allylic oxidation sites excluding steroid dienone is 2. The van der Waals surface area contributed by atoms with Gasteiger partial charge in [0.1, 0.15) is 18.1 Å². The molecule has 2 aliphatic carbocycles. The fourth-order valence-corrected chi connectivity index (χ4v) is 3.63. The van der Waals surface area contributed by atoms with Gasteiger partial charge in [-0.05, 0) is 16.7 Å². The van der Waals surface area contributed by atoms with Crippen LogP contribution in [0.5, 0.6) is 0 Å². The number of hydrogen-bond donors (Lipinski definition) is 1. The van der Waals surface area contributed by atoms with Crippen LogP contribution >= 0.6 is 0 Å². The summed E-state index contributed by atoms with van der Waals surface area (Å²) in [6.45, 7) is 0.480. The normalized spacial score (nSPS) is 14.3. The summed E-state index contributed by atoms with van der Waals surface area (Å²) in [6.07, 6.45) is 3.75. The Bertz CT molecular complexity index is 1170. The molecule has 3 aromatic carbocycles. The standard InChI is InChI=1S/C17H14O2.C10H8O2/c18-15-10-14-8-4-5-9-16(14)17(11-15)19-12-13-6-2-1-3-7-13;11-8-5-7-3-1-2-4-9(7)10(12)6-8/h1-9,11H,10,12H2;1-4,6,12H,5H2. The fourth-order valence-electron chi connectivity index (χ4n) is 3.63. The molecule has 0 heterocycles. The van der Waals surface area contributed by atoms with E-state index in [0.29, 0.717) is 25.2 Å². The number of hydrogen-bond acceptors (Lipinski definition) is 4. The molecule has 0 bridgehead atoms. The van der Waals surface area contributed by atoms with Crippen LogP contribution in [-0.2, 0) is 33.8 Å². The zero-order valence-electron chi connectivity index (χ0n) is 17.0. The molecule has 4 heteroatoms. The van der Waals surface area contributed by atoms with Crippen molar-refractivity contribution in [2.24, 2.45) is 0 Å². The molecular weight excluding hydrogens is 388 g/mol. The van der Waals surface area contributed by atoms with Crippen molar-refractivity contribution in [2.75, 3.05) is 0 Å². The SMILES string of the molecule is O=C1C=C(O)c2ccccc2C1.O=C1C=C(OCc2ccccc2)c2ccccc2C1. The number of rotatable bonds is 3. The van der Waals surface area contributed by atoms with E-state index in [4.69, 9.17) is 4.74 Å². The van der Waals surface area contributed by atoms with Gasteiger partial charge >= 0.3 is 0 Å². The second-order valence-corrected chi connectivity index (χ2v) is 7.41. The van der Waals surface area contributed by atoms with Gasteiger partial charge in [0, 0.05) is 36.1 Å². The zero-order valence-corrected chi connectivity index (χ0v) is 17.0. The smallest absolute Gasteiger partial charge is 0.163 e. The van der Waals surface area contributed by atoms with E-state index >= 15 is 0 Å². The van der Waals surface area contributed by atoms with E-state index < -0.39 is 0 Å². The van der Waals surface area contributed by atoms with Gasteiger partial charge in [-0.3, -0.25) is 9.59 Å². The van der Waals surface area contributed by atoms with Gasteiger partial charge < -0.3 is 9.84 Å². The number of fused-ring (bicyclic) bond motifs is 2. The average Bonchev–Trinajstić information content (AvgIpc) is 2.78. The maximum Gasteiger partial charge on any atom is 0.163 e. The second-order valence-electron chi connectivity index (χ2n) is 7.41. The van der Waals surface area contributed by atoms with Crippen LogP contribution in [0.3, 0.4) is 0 Å². The van der Waals surface area contributed by atoms with E-state index in [1.54, 1.807) is 6.08 Å². The Morgan fingerprint density at radius 2 is 1.23 bits per heavy atom. The number of ether oxygens (including phenoxy) is 1. The first-order chi connectivity index (χ1) is 15.1. The van der Waals surface area contributed by atoms with Gasteiger partial charge in [-0.2, -0.15) is 0 Å². The summed E-state index contributed by atoms with van der Waals surface area (Å²) in [7, 11) is 0. The van der Waals surface area contributed by atoms with Crippen molar-refractivity contribution >= 4 is 23.1 Å². The van der Waals surface area contributed by atoms with E-state index in [0.717, 1.165) is 27.8 Å². The first kappa shape index (κ1) is 20.4. The lowest BCUT2D eigenvalue weighted by Crippen LogP contribution is -2.10. The van der Waals surface area contributed by atoms with Crippen LogP contribution in [0.1, 0.15) is 27.8 Å². The quantitative estimate of drug-likeness (QED) is 0.654. The first-order valence-electron chi connectivity index (χ1n) is 10.1. The van der Waals surface area contributed by atoms with Crippen LogP contribution < -0.4 is 0 Å². The predicted octanol–water partition coefficient (Wildman–Crippen LogP) is 5.08. The second kappa shape index (κ2) is 9.26. The van der Waals surface area contributed by atoms with Crippen LogP contribution in [0.25, 0.3) is 11.5 Å². The molecule has 5 rings (SSSR count). The van der Waals surface area contributed by atoms with E-state index in [-0.39, 0.29) is 17.3 Å². The van der Waals surface area contributed by atoms with Crippen molar-refractivity contribution in [2.45, 2.75) is 19.4 Å². The minimum Gasteiger partial charge on any atom is -0.507 e. The maximum absolute atomic E-state index is 11.7. The number of aliphatic hydroxyl groups excluding tert-OH is 1. The Morgan fingerprint density at radius 3 is 1.94 bits per heavy atom. The minimum atomic E-state index is -0.0359. The highest BCUT2D eigenvalue weighted by Gasteiger charge is 2.18. The lowest BCUT2D eigenvalue weighted by Gasteiger charge is -2.17. The molecule has 0 saturated carbocycles. The van der Waals surface area contributed by atoms with Crippen LogP contribution in [0.4, 0.5) is 0 Å². The Labute approximate surface area is 181 Å². The molecule has 2 aliphatic rings. The highest BCUT2D eigenvalue weighted by molar-refractivity contribution is 6.01. The molecule has 0 amide bonds.